The molecule has 1 saturated carbocycles. The molecule has 0 radical (unpaired) electrons. The Kier molecular flexibility index (Phi) is 8.67. The molecule has 2 unspecified atom stereocenters. The van der Waals surface area contributed by atoms with E-state index in [1.54, 1.807) is 0 Å². The average molecular weight is 243 g/mol. The first kappa shape index (κ1) is 14.9. The van der Waals surface area contributed by atoms with Crippen LogP contribution in [0.3, 0.4) is 0 Å². The molecule has 0 heterocycles. The fraction of sp³-hybridized carbons (Fsp3) is 1.00. The Balaban J connectivity index is 2.13. The summed E-state index contributed by atoms with van der Waals surface area (Å²) in [5, 5.41) is 3.61. The molecule has 0 aromatic heterocycles. The second kappa shape index (κ2) is 9.86. The Labute approximate surface area is 106 Å². The first-order chi connectivity index (χ1) is 8.38. The van der Waals surface area contributed by atoms with Gasteiger partial charge in [0.05, 0.1) is 19.3 Å². The van der Waals surface area contributed by atoms with Gasteiger partial charge in [-0.25, -0.2) is 0 Å². The number of hydrogen-bond donors (Lipinski definition) is 1. The van der Waals surface area contributed by atoms with Gasteiger partial charge in [-0.3, -0.25) is 0 Å². The van der Waals surface area contributed by atoms with Crippen LogP contribution in [0, 0.1) is 0 Å². The molecule has 0 amide bonds. The van der Waals surface area contributed by atoms with E-state index in [2.05, 4.69) is 19.2 Å². The summed E-state index contributed by atoms with van der Waals surface area (Å²) in [6, 6.07) is 0.565. The predicted molar refractivity (Wildman–Crippen MR) is 71.4 cm³/mol. The SMILES string of the molecule is CCCNC1CCCCC1OCCOCCC. The molecule has 0 aromatic rings. The zero-order chi connectivity index (χ0) is 12.3. The smallest absolute Gasteiger partial charge is 0.0729 e. The van der Waals surface area contributed by atoms with Crippen LogP contribution >= 0.6 is 0 Å². The van der Waals surface area contributed by atoms with E-state index in [0.717, 1.165) is 32.8 Å². The molecule has 3 heteroatoms. The Morgan fingerprint density at radius 3 is 2.59 bits per heavy atom. The van der Waals surface area contributed by atoms with Gasteiger partial charge < -0.3 is 14.8 Å². The zero-order valence-electron chi connectivity index (χ0n) is 11.5. The van der Waals surface area contributed by atoms with Crippen molar-refractivity contribution in [3.8, 4) is 0 Å². The summed E-state index contributed by atoms with van der Waals surface area (Å²) in [7, 11) is 0. The molecule has 3 nitrogen and oxygen atoms in total. The van der Waals surface area contributed by atoms with Crippen LogP contribution < -0.4 is 5.32 Å². The summed E-state index contributed by atoms with van der Waals surface area (Å²) in [5.74, 6) is 0. The lowest BCUT2D eigenvalue weighted by Crippen LogP contribution is -2.44. The maximum Gasteiger partial charge on any atom is 0.0729 e. The summed E-state index contributed by atoms with van der Waals surface area (Å²) < 4.78 is 11.4. The molecule has 1 fully saturated rings. The van der Waals surface area contributed by atoms with E-state index in [0.29, 0.717) is 12.1 Å². The van der Waals surface area contributed by atoms with Crippen LogP contribution in [0.1, 0.15) is 52.4 Å². The van der Waals surface area contributed by atoms with Crippen LogP contribution in [0.15, 0.2) is 0 Å². The fourth-order valence-corrected chi connectivity index (χ4v) is 2.36. The summed E-state index contributed by atoms with van der Waals surface area (Å²) in [5.41, 5.74) is 0. The van der Waals surface area contributed by atoms with E-state index in [4.69, 9.17) is 9.47 Å². The van der Waals surface area contributed by atoms with Gasteiger partial charge >= 0.3 is 0 Å². The van der Waals surface area contributed by atoms with Gasteiger partial charge in [-0.1, -0.05) is 26.7 Å². The quantitative estimate of drug-likeness (QED) is 0.632. The maximum absolute atomic E-state index is 5.95. The first-order valence-corrected chi connectivity index (χ1v) is 7.31. The van der Waals surface area contributed by atoms with Crippen molar-refractivity contribution in [2.24, 2.45) is 0 Å². The molecule has 0 aromatic carbocycles. The molecular weight excluding hydrogens is 214 g/mol. The summed E-state index contributed by atoms with van der Waals surface area (Å²) >= 11 is 0. The highest BCUT2D eigenvalue weighted by Crippen LogP contribution is 2.21. The zero-order valence-corrected chi connectivity index (χ0v) is 11.5. The largest absolute Gasteiger partial charge is 0.379 e. The summed E-state index contributed by atoms with van der Waals surface area (Å²) in [6.45, 7) is 7.79. The highest BCUT2D eigenvalue weighted by atomic mass is 16.5. The lowest BCUT2D eigenvalue weighted by atomic mass is 9.92. The third-order valence-electron chi connectivity index (χ3n) is 3.27. The van der Waals surface area contributed by atoms with E-state index in [1.807, 2.05) is 0 Å². The molecule has 2 atom stereocenters. The Morgan fingerprint density at radius 1 is 1.00 bits per heavy atom. The number of ether oxygens (including phenoxy) is 2. The second-order valence-electron chi connectivity index (χ2n) is 4.87. The van der Waals surface area contributed by atoms with Crippen LogP contribution in [0.2, 0.25) is 0 Å². The predicted octanol–water partition coefficient (Wildman–Crippen LogP) is 2.74. The molecule has 1 rings (SSSR count). The van der Waals surface area contributed by atoms with Crippen molar-refractivity contribution >= 4 is 0 Å². The van der Waals surface area contributed by atoms with Crippen LogP contribution in [-0.2, 0) is 9.47 Å². The molecule has 0 spiro atoms. The van der Waals surface area contributed by atoms with Gasteiger partial charge in [0.15, 0.2) is 0 Å². The summed E-state index contributed by atoms with van der Waals surface area (Å²) in [4.78, 5) is 0. The highest BCUT2D eigenvalue weighted by molar-refractivity contribution is 4.81. The van der Waals surface area contributed by atoms with Gasteiger partial charge in [0.1, 0.15) is 0 Å². The minimum atomic E-state index is 0.403. The van der Waals surface area contributed by atoms with Crippen molar-refractivity contribution in [3.63, 3.8) is 0 Å². The molecule has 17 heavy (non-hydrogen) atoms. The van der Waals surface area contributed by atoms with Crippen molar-refractivity contribution in [3.05, 3.63) is 0 Å². The molecule has 0 bridgehead atoms. The van der Waals surface area contributed by atoms with Gasteiger partial charge in [0.2, 0.25) is 0 Å². The normalized spacial score (nSPS) is 25.1. The van der Waals surface area contributed by atoms with Crippen molar-refractivity contribution < 1.29 is 9.47 Å². The lowest BCUT2D eigenvalue weighted by Gasteiger charge is -2.32. The highest BCUT2D eigenvalue weighted by Gasteiger charge is 2.24. The third kappa shape index (κ3) is 6.39. The van der Waals surface area contributed by atoms with Crippen molar-refractivity contribution in [2.75, 3.05) is 26.4 Å². The van der Waals surface area contributed by atoms with Gasteiger partial charge in [-0.2, -0.15) is 0 Å². The van der Waals surface area contributed by atoms with Crippen molar-refractivity contribution in [1.29, 1.82) is 0 Å². The topological polar surface area (TPSA) is 30.5 Å². The van der Waals surface area contributed by atoms with Crippen LogP contribution in [-0.4, -0.2) is 38.5 Å². The Morgan fingerprint density at radius 2 is 1.82 bits per heavy atom. The van der Waals surface area contributed by atoms with E-state index in [-0.39, 0.29) is 0 Å². The van der Waals surface area contributed by atoms with E-state index >= 15 is 0 Å². The molecule has 0 aliphatic heterocycles. The first-order valence-electron chi connectivity index (χ1n) is 7.31. The molecule has 1 aliphatic carbocycles. The molecule has 102 valence electrons. The molecule has 1 aliphatic rings. The van der Waals surface area contributed by atoms with Gasteiger partial charge in [0, 0.05) is 12.6 Å². The minimum Gasteiger partial charge on any atom is -0.379 e. The van der Waals surface area contributed by atoms with Crippen LogP contribution in [0.25, 0.3) is 0 Å². The number of rotatable bonds is 9. The Hall–Kier alpha value is -0.120. The lowest BCUT2D eigenvalue weighted by molar-refractivity contribution is -0.0253. The summed E-state index contributed by atoms with van der Waals surface area (Å²) in [6.07, 6.45) is 7.81. The fourth-order valence-electron chi connectivity index (χ4n) is 2.36. The van der Waals surface area contributed by atoms with E-state index in [1.165, 1.54) is 32.1 Å². The minimum absolute atomic E-state index is 0.403. The van der Waals surface area contributed by atoms with Crippen molar-refractivity contribution in [2.45, 2.75) is 64.5 Å². The maximum atomic E-state index is 5.95. The average Bonchev–Trinajstić information content (AvgIpc) is 2.37. The molecule has 0 saturated heterocycles. The molecular formula is C14H29NO2. The third-order valence-corrected chi connectivity index (χ3v) is 3.27. The van der Waals surface area contributed by atoms with Crippen molar-refractivity contribution in [1.82, 2.24) is 5.32 Å². The van der Waals surface area contributed by atoms with Gasteiger partial charge in [-0.15, -0.1) is 0 Å². The standard InChI is InChI=1S/C14H29NO2/c1-3-9-15-13-7-5-6-8-14(13)17-12-11-16-10-4-2/h13-15H,3-12H2,1-2H3. The van der Waals surface area contributed by atoms with E-state index < -0.39 is 0 Å². The monoisotopic (exact) mass is 243 g/mol. The number of nitrogens with one attached hydrogen (secondary N) is 1. The van der Waals surface area contributed by atoms with Gasteiger partial charge in [-0.05, 0) is 32.2 Å². The number of hydrogen-bond acceptors (Lipinski definition) is 3. The van der Waals surface area contributed by atoms with Crippen LogP contribution in [0.4, 0.5) is 0 Å². The van der Waals surface area contributed by atoms with E-state index in [9.17, 15) is 0 Å². The Bertz CT molecular complexity index is 176. The second-order valence-corrected chi connectivity index (χ2v) is 4.87. The molecule has 1 N–H and O–H groups in total. The van der Waals surface area contributed by atoms with Gasteiger partial charge in [0.25, 0.3) is 0 Å². The van der Waals surface area contributed by atoms with Crippen LogP contribution in [0.5, 0.6) is 0 Å².